The Morgan fingerprint density at radius 2 is 2.00 bits per heavy atom. The number of ether oxygens (including phenoxy) is 1. The van der Waals surface area contributed by atoms with Gasteiger partial charge in [-0.25, -0.2) is 4.39 Å². The van der Waals surface area contributed by atoms with Gasteiger partial charge in [-0.15, -0.1) is 11.3 Å². The fourth-order valence-electron chi connectivity index (χ4n) is 3.26. The Labute approximate surface area is 196 Å². The Balaban J connectivity index is 1.69. The minimum Gasteiger partial charge on any atom is -0.479 e. The minimum absolute atomic E-state index is 0.0294. The fraction of sp³-hybridized carbons (Fsp3) is 0.136. The summed E-state index contributed by atoms with van der Waals surface area (Å²) in [7, 11) is 0. The molecule has 0 bridgehead atoms. The van der Waals surface area contributed by atoms with Crippen LogP contribution in [0, 0.1) is 17.5 Å². The molecule has 0 spiro atoms. The number of fused-ring (bicyclic) bond motifs is 1. The van der Waals surface area contributed by atoms with Gasteiger partial charge in [0.15, 0.2) is 6.10 Å². The number of nitrogens with one attached hydrogen (secondary N) is 2. The fourth-order valence-corrected chi connectivity index (χ4v) is 4.84. The molecule has 10 heteroatoms. The van der Waals surface area contributed by atoms with E-state index < -0.39 is 23.4 Å². The molecule has 4 rings (SSSR count). The molecule has 164 valence electrons. The number of aromatic nitrogens is 2. The maximum absolute atomic E-state index is 13.3. The number of rotatable bonds is 5. The first-order chi connectivity index (χ1) is 15.3. The quantitative estimate of drug-likeness (QED) is 0.367. The molecular formula is C22H17ClFN3O3S2. The maximum atomic E-state index is 13.3. The molecule has 0 aliphatic carbocycles. The maximum Gasteiger partial charge on any atom is 0.282 e. The highest BCUT2D eigenvalue weighted by molar-refractivity contribution is 7.71. The minimum atomic E-state index is -1.03. The second-order valence-corrected chi connectivity index (χ2v) is 9.00. The molecular weight excluding hydrogens is 473 g/mol. The van der Waals surface area contributed by atoms with Crippen LogP contribution in [-0.4, -0.2) is 21.7 Å². The Morgan fingerprint density at radius 1 is 1.28 bits per heavy atom. The monoisotopic (exact) mass is 489 g/mol. The van der Waals surface area contributed by atoms with Gasteiger partial charge in [0.05, 0.1) is 10.4 Å². The number of carbonyl (C=O) groups is 1. The average molecular weight is 490 g/mol. The van der Waals surface area contributed by atoms with E-state index in [0.717, 1.165) is 26.7 Å². The summed E-state index contributed by atoms with van der Waals surface area (Å²) in [6.07, 6.45) is -1.03. The van der Waals surface area contributed by atoms with Crippen LogP contribution in [0.4, 0.5) is 4.39 Å². The number of H-pyrrole nitrogens is 1. The van der Waals surface area contributed by atoms with Crippen molar-refractivity contribution in [1.82, 2.24) is 9.66 Å². The summed E-state index contributed by atoms with van der Waals surface area (Å²) in [5, 5.41) is 0.463. The van der Waals surface area contributed by atoms with Crippen LogP contribution in [0.15, 0.2) is 53.3 Å². The molecule has 2 aromatic carbocycles. The number of benzene rings is 2. The van der Waals surface area contributed by atoms with E-state index in [4.69, 9.17) is 28.6 Å². The van der Waals surface area contributed by atoms with Crippen molar-refractivity contribution >= 4 is 51.3 Å². The molecule has 1 amide bonds. The lowest BCUT2D eigenvalue weighted by molar-refractivity contribution is -0.123. The van der Waals surface area contributed by atoms with Crippen LogP contribution >= 0.6 is 35.2 Å². The van der Waals surface area contributed by atoms with Crippen molar-refractivity contribution < 1.29 is 13.9 Å². The highest BCUT2D eigenvalue weighted by Gasteiger charge is 2.21. The van der Waals surface area contributed by atoms with Gasteiger partial charge in [-0.3, -0.25) is 15.0 Å². The molecule has 1 unspecified atom stereocenters. The van der Waals surface area contributed by atoms with Crippen LogP contribution in [0.25, 0.3) is 21.3 Å². The summed E-state index contributed by atoms with van der Waals surface area (Å²) >= 11 is 12.7. The lowest BCUT2D eigenvalue weighted by Crippen LogP contribution is -2.40. The van der Waals surface area contributed by atoms with Gasteiger partial charge < -0.3 is 9.72 Å². The third-order valence-electron chi connectivity index (χ3n) is 4.78. The lowest BCUT2D eigenvalue weighted by Gasteiger charge is -2.16. The summed E-state index contributed by atoms with van der Waals surface area (Å²) in [6, 6.07) is 13.1. The molecule has 0 radical (unpaired) electrons. The number of carbonyl (C=O) groups excluding carboxylic acids is 1. The van der Waals surface area contributed by atoms with E-state index >= 15 is 0 Å². The van der Waals surface area contributed by atoms with Gasteiger partial charge in [0, 0.05) is 10.4 Å². The lowest BCUT2D eigenvalue weighted by atomic mass is 10.0. The molecule has 0 aliphatic rings. The highest BCUT2D eigenvalue weighted by atomic mass is 35.5. The SMILES string of the molecule is Cc1sc2[nH]c(=S)n(NC(=O)C(C)Oc3ccc(F)cc3Cl)c(=O)c2c1-c1ccccc1. The number of thiophene rings is 1. The Hall–Kier alpha value is -3.01. The molecule has 0 aliphatic heterocycles. The Morgan fingerprint density at radius 3 is 2.69 bits per heavy atom. The van der Waals surface area contributed by atoms with Crippen LogP contribution < -0.4 is 15.7 Å². The molecule has 2 N–H and O–H groups in total. The standard InChI is InChI=1S/C22H17ClFN3O3S2/c1-11(30-16-9-8-14(24)10-15(16)23)19(28)26-27-21(29)18-17(13-6-4-3-5-7-13)12(2)32-20(18)25-22(27)31/h3-11H,1-2H3,(H,25,31)(H,26,28). The number of aryl methyl sites for hydroxylation is 1. The normalized spacial score (nSPS) is 12.0. The number of aromatic amines is 1. The summed E-state index contributed by atoms with van der Waals surface area (Å²) in [4.78, 5) is 30.6. The Bertz CT molecular complexity index is 1450. The van der Waals surface area contributed by atoms with Crippen molar-refractivity contribution in [1.29, 1.82) is 0 Å². The van der Waals surface area contributed by atoms with Crippen molar-refractivity contribution in [3.8, 4) is 16.9 Å². The summed E-state index contributed by atoms with van der Waals surface area (Å²) in [5.74, 6) is -1.01. The molecule has 2 aromatic heterocycles. The van der Waals surface area contributed by atoms with Gasteiger partial charge in [0.25, 0.3) is 11.5 Å². The number of nitrogens with zero attached hydrogens (tertiary/aromatic N) is 1. The first kappa shape index (κ1) is 22.2. The van der Waals surface area contributed by atoms with Crippen molar-refractivity contribution in [3.63, 3.8) is 0 Å². The van der Waals surface area contributed by atoms with E-state index in [0.29, 0.717) is 10.2 Å². The van der Waals surface area contributed by atoms with E-state index in [9.17, 15) is 14.0 Å². The van der Waals surface area contributed by atoms with Crippen molar-refractivity contribution in [2.45, 2.75) is 20.0 Å². The van der Waals surface area contributed by atoms with Gasteiger partial charge in [0.2, 0.25) is 4.77 Å². The van der Waals surface area contributed by atoms with Crippen molar-refractivity contribution in [2.24, 2.45) is 0 Å². The molecule has 4 aromatic rings. The largest absolute Gasteiger partial charge is 0.479 e. The molecule has 6 nitrogen and oxygen atoms in total. The summed E-state index contributed by atoms with van der Waals surface area (Å²) < 4.78 is 19.8. The summed E-state index contributed by atoms with van der Waals surface area (Å²) in [6.45, 7) is 3.41. The van der Waals surface area contributed by atoms with Gasteiger partial charge >= 0.3 is 0 Å². The van der Waals surface area contributed by atoms with Crippen molar-refractivity contribution in [2.75, 3.05) is 5.43 Å². The summed E-state index contributed by atoms with van der Waals surface area (Å²) in [5.41, 5.74) is 3.72. The second-order valence-electron chi connectivity index (χ2n) is 6.98. The van der Waals surface area contributed by atoms with Crippen molar-refractivity contribution in [3.05, 3.63) is 79.4 Å². The predicted molar refractivity (Wildman–Crippen MR) is 127 cm³/mol. The third-order valence-corrected chi connectivity index (χ3v) is 6.38. The highest BCUT2D eigenvalue weighted by Crippen LogP contribution is 2.35. The first-order valence-corrected chi connectivity index (χ1v) is 11.1. The second kappa shape index (κ2) is 8.85. The van der Waals surface area contributed by atoms with Crippen LogP contribution in [-0.2, 0) is 4.79 Å². The molecule has 1 atom stereocenters. The smallest absolute Gasteiger partial charge is 0.282 e. The molecule has 2 heterocycles. The van der Waals surface area contributed by atoms with Gasteiger partial charge in [-0.2, -0.15) is 4.68 Å². The van der Waals surface area contributed by atoms with Gasteiger partial charge in [-0.1, -0.05) is 41.9 Å². The van der Waals surface area contributed by atoms with Gasteiger partial charge in [0.1, 0.15) is 16.4 Å². The van der Waals surface area contributed by atoms with Crippen LogP contribution in [0.5, 0.6) is 5.75 Å². The van der Waals surface area contributed by atoms with E-state index in [-0.39, 0.29) is 15.5 Å². The first-order valence-electron chi connectivity index (χ1n) is 9.52. The van der Waals surface area contributed by atoms with Gasteiger partial charge in [-0.05, 0) is 49.8 Å². The third kappa shape index (κ3) is 4.19. The molecule has 0 saturated heterocycles. The van der Waals surface area contributed by atoms with Crippen LogP contribution in [0.1, 0.15) is 11.8 Å². The molecule has 0 saturated carbocycles. The number of hydrogen-bond donors (Lipinski definition) is 2. The van der Waals surface area contributed by atoms with Crippen LogP contribution in [0.2, 0.25) is 5.02 Å². The average Bonchev–Trinajstić information content (AvgIpc) is 3.09. The van der Waals surface area contributed by atoms with E-state index in [2.05, 4.69) is 10.4 Å². The molecule has 0 fully saturated rings. The number of amides is 1. The molecule has 32 heavy (non-hydrogen) atoms. The number of hydrogen-bond acceptors (Lipinski definition) is 5. The number of halogens is 2. The van der Waals surface area contributed by atoms with E-state index in [1.807, 2.05) is 37.3 Å². The Kier molecular flexibility index (Phi) is 6.14. The predicted octanol–water partition coefficient (Wildman–Crippen LogP) is 5.43. The van der Waals surface area contributed by atoms with Crippen LogP contribution in [0.3, 0.4) is 0 Å². The van der Waals surface area contributed by atoms with E-state index in [1.165, 1.54) is 30.4 Å². The topological polar surface area (TPSA) is 76.1 Å². The zero-order chi connectivity index (χ0) is 23.0. The zero-order valence-corrected chi connectivity index (χ0v) is 19.3. The van der Waals surface area contributed by atoms with E-state index in [1.54, 1.807) is 0 Å². The zero-order valence-electron chi connectivity index (χ0n) is 16.9.